The first-order valence-corrected chi connectivity index (χ1v) is 17.0. The minimum atomic E-state index is 0.665. The van der Waals surface area contributed by atoms with E-state index >= 15 is 0 Å². The SMILES string of the molecule is CCc1c(-c2nc(-c3ccccc3)nc(-c3ccccc3)n2)ccc2ccc(-c3ccc4nc(-c5cccc6ccccc56)ccc4c3)cc12. The average Bonchev–Trinajstić information content (AvgIpc) is 3.20. The van der Waals surface area contributed by atoms with Crippen molar-refractivity contribution in [3.05, 3.63) is 169 Å². The molecule has 4 nitrogen and oxygen atoms in total. The van der Waals surface area contributed by atoms with Gasteiger partial charge in [-0.25, -0.2) is 19.9 Å². The molecule has 0 fully saturated rings. The zero-order valence-electron chi connectivity index (χ0n) is 27.6. The summed E-state index contributed by atoms with van der Waals surface area (Å²) in [5.41, 5.74) is 9.60. The van der Waals surface area contributed by atoms with Crippen LogP contribution >= 0.6 is 0 Å². The van der Waals surface area contributed by atoms with E-state index < -0.39 is 0 Å². The summed E-state index contributed by atoms with van der Waals surface area (Å²) >= 11 is 0. The highest BCUT2D eigenvalue weighted by Gasteiger charge is 2.17. The molecule has 0 unspecified atom stereocenters. The summed E-state index contributed by atoms with van der Waals surface area (Å²) < 4.78 is 0. The van der Waals surface area contributed by atoms with E-state index in [1.54, 1.807) is 0 Å². The van der Waals surface area contributed by atoms with Gasteiger partial charge in [-0.2, -0.15) is 0 Å². The topological polar surface area (TPSA) is 51.6 Å². The second-order valence-corrected chi connectivity index (χ2v) is 12.6. The van der Waals surface area contributed by atoms with Gasteiger partial charge in [-0.1, -0.05) is 146 Å². The lowest BCUT2D eigenvalue weighted by Gasteiger charge is -2.14. The van der Waals surface area contributed by atoms with Crippen molar-refractivity contribution in [3.8, 4) is 56.5 Å². The highest BCUT2D eigenvalue weighted by atomic mass is 15.0. The molecular formula is C46H32N4. The molecule has 2 aromatic heterocycles. The minimum Gasteiger partial charge on any atom is -0.248 e. The third-order valence-corrected chi connectivity index (χ3v) is 9.52. The van der Waals surface area contributed by atoms with Gasteiger partial charge in [0.15, 0.2) is 17.5 Å². The molecule has 0 aliphatic rings. The summed E-state index contributed by atoms with van der Waals surface area (Å²) in [6.07, 6.45) is 0.835. The lowest BCUT2D eigenvalue weighted by atomic mass is 9.93. The Morgan fingerprint density at radius 3 is 1.74 bits per heavy atom. The van der Waals surface area contributed by atoms with Gasteiger partial charge in [0.25, 0.3) is 0 Å². The molecule has 0 N–H and O–H groups in total. The van der Waals surface area contributed by atoms with Crippen molar-refractivity contribution in [3.63, 3.8) is 0 Å². The maximum atomic E-state index is 5.09. The molecule has 0 bridgehead atoms. The molecular weight excluding hydrogens is 609 g/mol. The van der Waals surface area contributed by atoms with Gasteiger partial charge in [0.05, 0.1) is 11.2 Å². The number of hydrogen-bond donors (Lipinski definition) is 0. The number of fused-ring (bicyclic) bond motifs is 3. The predicted octanol–water partition coefficient (Wildman–Crippen LogP) is 11.6. The van der Waals surface area contributed by atoms with Gasteiger partial charge in [0.1, 0.15) is 0 Å². The Kier molecular flexibility index (Phi) is 7.40. The normalized spacial score (nSPS) is 11.4. The lowest BCUT2D eigenvalue weighted by molar-refractivity contribution is 1.06. The van der Waals surface area contributed by atoms with Crippen molar-refractivity contribution < 1.29 is 0 Å². The second kappa shape index (κ2) is 12.5. The Balaban J connectivity index is 1.13. The summed E-state index contributed by atoms with van der Waals surface area (Å²) in [7, 11) is 0. The Bertz CT molecular complexity index is 2620. The smallest absolute Gasteiger partial charge is 0.164 e. The van der Waals surface area contributed by atoms with E-state index in [1.807, 2.05) is 60.7 Å². The predicted molar refractivity (Wildman–Crippen MR) is 207 cm³/mol. The van der Waals surface area contributed by atoms with E-state index in [0.717, 1.165) is 56.4 Å². The molecule has 2 heterocycles. The summed E-state index contributed by atoms with van der Waals surface area (Å²) in [6.45, 7) is 2.21. The summed E-state index contributed by atoms with van der Waals surface area (Å²) in [4.78, 5) is 20.1. The molecule has 0 spiro atoms. The van der Waals surface area contributed by atoms with Gasteiger partial charge >= 0.3 is 0 Å². The van der Waals surface area contributed by atoms with Crippen LogP contribution in [-0.2, 0) is 6.42 Å². The molecule has 9 aromatic rings. The standard InChI is InChI=1S/C46H32N4/c1-2-37-40(46-49-44(32-13-5-3-6-14-32)48-45(50-46)33-15-7-4-8-16-33)25-22-31-20-21-35(29-41(31)37)34-23-26-42-36(28-34)24-27-43(47-42)39-19-11-17-30-12-9-10-18-38(30)39/h3-29H,2H2,1H3. The van der Waals surface area contributed by atoms with Crippen molar-refractivity contribution in [2.75, 3.05) is 0 Å². The van der Waals surface area contributed by atoms with Crippen molar-refractivity contribution in [1.29, 1.82) is 0 Å². The molecule has 7 aromatic carbocycles. The molecule has 0 atom stereocenters. The van der Waals surface area contributed by atoms with E-state index in [0.29, 0.717) is 17.5 Å². The van der Waals surface area contributed by atoms with Crippen LogP contribution in [-0.4, -0.2) is 19.9 Å². The maximum absolute atomic E-state index is 5.09. The van der Waals surface area contributed by atoms with E-state index in [4.69, 9.17) is 19.9 Å². The average molecular weight is 641 g/mol. The van der Waals surface area contributed by atoms with Gasteiger partial charge in [-0.15, -0.1) is 0 Å². The van der Waals surface area contributed by atoms with Crippen LogP contribution in [0.2, 0.25) is 0 Å². The molecule has 9 rings (SSSR count). The van der Waals surface area contributed by atoms with Crippen LogP contribution in [0.15, 0.2) is 164 Å². The molecule has 0 saturated carbocycles. The van der Waals surface area contributed by atoms with Crippen LogP contribution in [0.1, 0.15) is 12.5 Å². The van der Waals surface area contributed by atoms with Crippen molar-refractivity contribution in [1.82, 2.24) is 19.9 Å². The van der Waals surface area contributed by atoms with E-state index in [1.165, 1.54) is 27.1 Å². The van der Waals surface area contributed by atoms with Gasteiger partial charge in [0.2, 0.25) is 0 Å². The zero-order chi connectivity index (χ0) is 33.4. The van der Waals surface area contributed by atoms with Crippen LogP contribution in [0.3, 0.4) is 0 Å². The molecule has 4 heteroatoms. The Morgan fingerprint density at radius 2 is 0.980 bits per heavy atom. The molecule has 0 aliphatic heterocycles. The summed E-state index contributed by atoms with van der Waals surface area (Å²) in [5, 5.41) is 5.94. The first kappa shape index (κ1) is 29.6. The highest BCUT2D eigenvalue weighted by molar-refractivity contribution is 5.98. The third-order valence-electron chi connectivity index (χ3n) is 9.52. The van der Waals surface area contributed by atoms with Crippen molar-refractivity contribution in [2.24, 2.45) is 0 Å². The quantitative estimate of drug-likeness (QED) is 0.181. The zero-order valence-corrected chi connectivity index (χ0v) is 27.6. The molecule has 0 amide bonds. The van der Waals surface area contributed by atoms with Crippen LogP contribution in [0, 0.1) is 0 Å². The Labute approximate surface area is 290 Å². The number of pyridine rings is 1. The van der Waals surface area contributed by atoms with Crippen LogP contribution < -0.4 is 0 Å². The molecule has 0 radical (unpaired) electrons. The Morgan fingerprint density at radius 1 is 0.380 bits per heavy atom. The number of nitrogens with zero attached hydrogens (tertiary/aromatic N) is 4. The second-order valence-electron chi connectivity index (χ2n) is 12.6. The van der Waals surface area contributed by atoms with Gasteiger partial charge in [-0.05, 0) is 68.9 Å². The fraction of sp³-hybridized carbons (Fsp3) is 0.0435. The number of aryl methyl sites for hydroxylation is 1. The molecule has 236 valence electrons. The fourth-order valence-corrected chi connectivity index (χ4v) is 6.98. The Hall–Kier alpha value is -6.52. The third kappa shape index (κ3) is 5.37. The van der Waals surface area contributed by atoms with E-state index in [2.05, 4.69) is 110 Å². The van der Waals surface area contributed by atoms with Crippen molar-refractivity contribution >= 4 is 32.4 Å². The first-order chi connectivity index (χ1) is 24.7. The van der Waals surface area contributed by atoms with Gasteiger partial charge in [-0.3, -0.25) is 0 Å². The summed E-state index contributed by atoms with van der Waals surface area (Å²) in [6, 6.07) is 57.1. The lowest BCUT2D eigenvalue weighted by Crippen LogP contribution is -2.02. The maximum Gasteiger partial charge on any atom is 0.164 e. The monoisotopic (exact) mass is 640 g/mol. The van der Waals surface area contributed by atoms with Crippen LogP contribution in [0.25, 0.3) is 89.0 Å². The first-order valence-electron chi connectivity index (χ1n) is 17.0. The fourth-order valence-electron chi connectivity index (χ4n) is 6.98. The van der Waals surface area contributed by atoms with E-state index in [-0.39, 0.29) is 0 Å². The van der Waals surface area contributed by atoms with Crippen molar-refractivity contribution in [2.45, 2.75) is 13.3 Å². The highest BCUT2D eigenvalue weighted by Crippen LogP contribution is 2.35. The van der Waals surface area contributed by atoms with Crippen LogP contribution in [0.5, 0.6) is 0 Å². The molecule has 0 saturated heterocycles. The number of rotatable bonds is 6. The number of hydrogen-bond acceptors (Lipinski definition) is 4. The van der Waals surface area contributed by atoms with Gasteiger partial charge in [0, 0.05) is 27.6 Å². The minimum absolute atomic E-state index is 0.665. The molecule has 0 aliphatic carbocycles. The van der Waals surface area contributed by atoms with E-state index in [9.17, 15) is 0 Å². The van der Waals surface area contributed by atoms with Crippen LogP contribution in [0.4, 0.5) is 0 Å². The number of benzene rings is 7. The van der Waals surface area contributed by atoms with Gasteiger partial charge < -0.3 is 0 Å². The largest absolute Gasteiger partial charge is 0.248 e. The molecule has 50 heavy (non-hydrogen) atoms. The summed E-state index contributed by atoms with van der Waals surface area (Å²) in [5.74, 6) is 2.01. The number of aromatic nitrogens is 4.